The summed E-state index contributed by atoms with van der Waals surface area (Å²) >= 11 is 0. The SMILES string of the molecule is CCCCc1ccc(NC(=O)/C(C#N)=C/c2ccc(C(=O)OC)cc2)cc1. The van der Waals surface area contributed by atoms with E-state index in [2.05, 4.69) is 17.0 Å². The van der Waals surface area contributed by atoms with Gasteiger partial charge in [-0.2, -0.15) is 5.26 Å². The molecule has 1 N–H and O–H groups in total. The van der Waals surface area contributed by atoms with E-state index in [1.165, 1.54) is 18.7 Å². The maximum atomic E-state index is 12.4. The summed E-state index contributed by atoms with van der Waals surface area (Å²) in [7, 11) is 1.31. The molecule has 5 nitrogen and oxygen atoms in total. The van der Waals surface area contributed by atoms with Crippen molar-refractivity contribution in [2.75, 3.05) is 12.4 Å². The molecule has 0 heterocycles. The Morgan fingerprint density at radius 3 is 2.33 bits per heavy atom. The molecule has 5 heteroatoms. The third kappa shape index (κ3) is 5.82. The van der Waals surface area contributed by atoms with Gasteiger partial charge in [-0.3, -0.25) is 4.79 Å². The van der Waals surface area contributed by atoms with Gasteiger partial charge < -0.3 is 10.1 Å². The Balaban J connectivity index is 2.07. The van der Waals surface area contributed by atoms with Crippen LogP contribution in [0.4, 0.5) is 5.69 Å². The average Bonchev–Trinajstić information content (AvgIpc) is 2.71. The van der Waals surface area contributed by atoms with Crippen LogP contribution in [0.5, 0.6) is 0 Å². The number of aryl methyl sites for hydroxylation is 1. The molecule has 1 amide bonds. The number of rotatable bonds is 7. The zero-order valence-electron chi connectivity index (χ0n) is 15.5. The first-order valence-electron chi connectivity index (χ1n) is 8.77. The lowest BCUT2D eigenvalue weighted by Crippen LogP contribution is -2.13. The van der Waals surface area contributed by atoms with Crippen molar-refractivity contribution in [3.8, 4) is 6.07 Å². The molecule has 2 aromatic carbocycles. The van der Waals surface area contributed by atoms with Gasteiger partial charge in [0, 0.05) is 5.69 Å². The summed E-state index contributed by atoms with van der Waals surface area (Å²) in [6.07, 6.45) is 4.75. The van der Waals surface area contributed by atoms with Gasteiger partial charge in [0.1, 0.15) is 11.6 Å². The van der Waals surface area contributed by atoms with Crippen molar-refractivity contribution in [2.45, 2.75) is 26.2 Å². The standard InChI is InChI=1S/C22H22N2O3/c1-3-4-5-16-8-12-20(13-9-16)24-21(25)19(15-23)14-17-6-10-18(11-7-17)22(26)27-2/h6-14H,3-5H2,1-2H3,(H,24,25)/b19-14+. The van der Waals surface area contributed by atoms with E-state index in [0.717, 1.165) is 19.3 Å². The van der Waals surface area contributed by atoms with Crippen LogP contribution in [0.3, 0.4) is 0 Å². The molecule has 0 aromatic heterocycles. The predicted octanol–water partition coefficient (Wildman–Crippen LogP) is 4.36. The van der Waals surface area contributed by atoms with Gasteiger partial charge in [0.25, 0.3) is 5.91 Å². The Morgan fingerprint density at radius 2 is 1.78 bits per heavy atom. The van der Waals surface area contributed by atoms with Crippen molar-refractivity contribution >= 4 is 23.6 Å². The largest absolute Gasteiger partial charge is 0.465 e. The Hall–Kier alpha value is -3.39. The molecule has 0 aliphatic heterocycles. The van der Waals surface area contributed by atoms with E-state index in [1.54, 1.807) is 24.3 Å². The number of carbonyl (C=O) groups is 2. The molecule has 27 heavy (non-hydrogen) atoms. The van der Waals surface area contributed by atoms with Crippen LogP contribution in [-0.2, 0) is 16.0 Å². The number of nitriles is 1. The van der Waals surface area contributed by atoms with Crippen molar-refractivity contribution in [1.29, 1.82) is 5.26 Å². The number of anilines is 1. The number of hydrogen-bond acceptors (Lipinski definition) is 4. The normalized spacial score (nSPS) is 10.8. The van der Waals surface area contributed by atoms with Crippen molar-refractivity contribution in [1.82, 2.24) is 0 Å². The number of ether oxygens (including phenoxy) is 1. The Labute approximate surface area is 159 Å². The van der Waals surface area contributed by atoms with Crippen LogP contribution >= 0.6 is 0 Å². The van der Waals surface area contributed by atoms with Crippen molar-refractivity contribution in [2.24, 2.45) is 0 Å². The number of amides is 1. The molecule has 0 unspecified atom stereocenters. The molecule has 0 aliphatic rings. The summed E-state index contributed by atoms with van der Waals surface area (Å²) in [5.41, 5.74) is 2.89. The van der Waals surface area contributed by atoms with Gasteiger partial charge in [0.2, 0.25) is 0 Å². The molecule has 0 atom stereocenters. The Bertz CT molecular complexity index is 860. The van der Waals surface area contributed by atoms with E-state index in [9.17, 15) is 14.9 Å². The van der Waals surface area contributed by atoms with Crippen molar-refractivity contribution in [3.05, 3.63) is 70.8 Å². The highest BCUT2D eigenvalue weighted by atomic mass is 16.5. The number of hydrogen-bond donors (Lipinski definition) is 1. The first-order valence-corrected chi connectivity index (χ1v) is 8.77. The molecule has 2 aromatic rings. The van der Waals surface area contributed by atoms with E-state index < -0.39 is 11.9 Å². The summed E-state index contributed by atoms with van der Waals surface area (Å²) < 4.78 is 4.64. The average molecular weight is 362 g/mol. The molecule has 0 bridgehead atoms. The number of nitrogens with zero attached hydrogens (tertiary/aromatic N) is 1. The number of benzene rings is 2. The molecule has 0 aliphatic carbocycles. The minimum absolute atomic E-state index is 0.0177. The molecule has 0 saturated carbocycles. The van der Waals surface area contributed by atoms with Crippen LogP contribution in [0, 0.1) is 11.3 Å². The second-order valence-electron chi connectivity index (χ2n) is 6.04. The molecule has 0 fully saturated rings. The van der Waals surface area contributed by atoms with Gasteiger partial charge in [0.15, 0.2) is 0 Å². The molecule has 138 valence electrons. The molecule has 0 radical (unpaired) electrons. The van der Waals surface area contributed by atoms with Crippen LogP contribution in [0.1, 0.15) is 41.3 Å². The van der Waals surface area contributed by atoms with E-state index in [1.807, 2.05) is 30.3 Å². The summed E-state index contributed by atoms with van der Waals surface area (Å²) in [5, 5.41) is 12.0. The van der Waals surface area contributed by atoms with Gasteiger partial charge in [-0.05, 0) is 54.3 Å². The molecule has 2 rings (SSSR count). The summed E-state index contributed by atoms with van der Waals surface area (Å²) in [5.74, 6) is -0.915. The van der Waals surface area contributed by atoms with Gasteiger partial charge in [-0.1, -0.05) is 37.6 Å². The smallest absolute Gasteiger partial charge is 0.337 e. The van der Waals surface area contributed by atoms with Gasteiger partial charge in [0.05, 0.1) is 12.7 Å². The predicted molar refractivity (Wildman–Crippen MR) is 105 cm³/mol. The molecule has 0 saturated heterocycles. The van der Waals surface area contributed by atoms with E-state index in [-0.39, 0.29) is 5.57 Å². The van der Waals surface area contributed by atoms with Gasteiger partial charge >= 0.3 is 5.97 Å². The van der Waals surface area contributed by atoms with Crippen LogP contribution in [0.15, 0.2) is 54.1 Å². The number of esters is 1. The fraction of sp³-hybridized carbons (Fsp3) is 0.227. The number of unbranched alkanes of at least 4 members (excludes halogenated alkanes) is 1. The zero-order chi connectivity index (χ0) is 19.6. The van der Waals surface area contributed by atoms with Gasteiger partial charge in [-0.15, -0.1) is 0 Å². The number of methoxy groups -OCH3 is 1. The topological polar surface area (TPSA) is 79.2 Å². The second kappa shape index (κ2) is 9.93. The van der Waals surface area contributed by atoms with Crippen molar-refractivity contribution < 1.29 is 14.3 Å². The minimum Gasteiger partial charge on any atom is -0.465 e. The van der Waals surface area contributed by atoms with Gasteiger partial charge in [-0.25, -0.2) is 4.79 Å². The maximum absolute atomic E-state index is 12.4. The maximum Gasteiger partial charge on any atom is 0.337 e. The van der Waals surface area contributed by atoms with Crippen LogP contribution in [0.2, 0.25) is 0 Å². The second-order valence-corrected chi connectivity index (χ2v) is 6.04. The third-order valence-electron chi connectivity index (χ3n) is 4.04. The summed E-state index contributed by atoms with van der Waals surface area (Å²) in [6, 6.07) is 16.0. The highest BCUT2D eigenvalue weighted by molar-refractivity contribution is 6.09. The highest BCUT2D eigenvalue weighted by Gasteiger charge is 2.10. The van der Waals surface area contributed by atoms with E-state index in [4.69, 9.17) is 0 Å². The summed E-state index contributed by atoms with van der Waals surface area (Å²) in [4.78, 5) is 23.8. The van der Waals surface area contributed by atoms with Crippen molar-refractivity contribution in [3.63, 3.8) is 0 Å². The minimum atomic E-state index is -0.476. The zero-order valence-corrected chi connectivity index (χ0v) is 15.5. The quantitative estimate of drug-likeness (QED) is 0.451. The molecular formula is C22H22N2O3. The van der Waals surface area contributed by atoms with Crippen LogP contribution < -0.4 is 5.32 Å². The lowest BCUT2D eigenvalue weighted by molar-refractivity contribution is -0.112. The van der Waals surface area contributed by atoms with E-state index >= 15 is 0 Å². The Morgan fingerprint density at radius 1 is 1.11 bits per heavy atom. The number of carbonyl (C=O) groups excluding carboxylic acids is 2. The van der Waals surface area contributed by atoms with Crippen LogP contribution in [0.25, 0.3) is 6.08 Å². The lowest BCUT2D eigenvalue weighted by atomic mass is 10.1. The third-order valence-corrected chi connectivity index (χ3v) is 4.04. The fourth-order valence-electron chi connectivity index (χ4n) is 2.48. The fourth-order valence-corrected chi connectivity index (χ4v) is 2.48. The molecule has 0 spiro atoms. The molecular weight excluding hydrogens is 340 g/mol. The Kier molecular flexibility index (Phi) is 7.33. The first-order chi connectivity index (χ1) is 13.1. The lowest BCUT2D eigenvalue weighted by Gasteiger charge is -2.06. The van der Waals surface area contributed by atoms with Crippen LogP contribution in [-0.4, -0.2) is 19.0 Å². The van der Waals surface area contributed by atoms with E-state index in [0.29, 0.717) is 16.8 Å². The highest BCUT2D eigenvalue weighted by Crippen LogP contribution is 2.15. The first kappa shape index (κ1) is 19.9. The summed E-state index contributed by atoms with van der Waals surface area (Å²) in [6.45, 7) is 2.15. The monoisotopic (exact) mass is 362 g/mol. The number of nitrogens with one attached hydrogen (secondary N) is 1.